The van der Waals surface area contributed by atoms with Crippen LogP contribution in [0.15, 0.2) is 30.5 Å². The molecule has 0 radical (unpaired) electrons. The van der Waals surface area contributed by atoms with Crippen LogP contribution in [0.5, 0.6) is 0 Å². The van der Waals surface area contributed by atoms with Crippen molar-refractivity contribution in [2.24, 2.45) is 5.73 Å². The first kappa shape index (κ1) is 23.7. The minimum atomic E-state index is -4.47. The number of aromatic nitrogens is 2. The van der Waals surface area contributed by atoms with Crippen molar-refractivity contribution in [1.82, 2.24) is 20.0 Å². The Morgan fingerprint density at radius 2 is 1.74 bits per heavy atom. The fourth-order valence-electron chi connectivity index (χ4n) is 5.79. The number of alkyl halides is 3. The SMILES string of the molecule is NC(=O)NC1CCC(n2ncc(C(=O)N3CCCC3c3ccccc3C(F)(F)F)c2C2CC2)CC1. The van der Waals surface area contributed by atoms with Crippen molar-refractivity contribution < 1.29 is 22.8 Å². The van der Waals surface area contributed by atoms with Gasteiger partial charge in [0.2, 0.25) is 0 Å². The standard InChI is InChI=1S/C25H30F3N5O2/c26-25(27,28)20-5-2-1-4-18(20)21-6-3-13-32(21)23(34)19-14-30-33(22(19)15-7-8-15)17-11-9-16(10-12-17)31-24(29)35/h1-2,4-5,14-17,21H,3,6-13H2,(H3,29,31,35). The van der Waals surface area contributed by atoms with Crippen molar-refractivity contribution in [2.75, 3.05) is 6.54 Å². The Kier molecular flexibility index (Phi) is 6.23. The number of primary amides is 1. The van der Waals surface area contributed by atoms with E-state index in [4.69, 9.17) is 5.73 Å². The molecule has 1 saturated heterocycles. The molecule has 2 aromatic rings. The van der Waals surface area contributed by atoms with Crippen LogP contribution in [-0.2, 0) is 6.18 Å². The van der Waals surface area contributed by atoms with E-state index >= 15 is 0 Å². The number of nitrogens with one attached hydrogen (secondary N) is 1. The molecule has 2 aliphatic carbocycles. The zero-order chi connectivity index (χ0) is 24.7. The number of halogens is 3. The summed E-state index contributed by atoms with van der Waals surface area (Å²) in [4.78, 5) is 26.5. The fourth-order valence-corrected chi connectivity index (χ4v) is 5.79. The van der Waals surface area contributed by atoms with Gasteiger partial charge in [-0.2, -0.15) is 18.3 Å². The van der Waals surface area contributed by atoms with Crippen molar-refractivity contribution >= 4 is 11.9 Å². The molecular formula is C25H30F3N5O2. The summed E-state index contributed by atoms with van der Waals surface area (Å²) in [5, 5.41) is 7.38. The minimum Gasteiger partial charge on any atom is -0.352 e. The van der Waals surface area contributed by atoms with Crippen molar-refractivity contribution in [2.45, 2.75) is 81.6 Å². The molecule has 1 aromatic heterocycles. The van der Waals surface area contributed by atoms with Crippen LogP contribution in [0, 0.1) is 0 Å². The Morgan fingerprint density at radius 1 is 1.03 bits per heavy atom. The van der Waals surface area contributed by atoms with E-state index in [0.717, 1.165) is 50.3 Å². The van der Waals surface area contributed by atoms with Gasteiger partial charge < -0.3 is 16.0 Å². The van der Waals surface area contributed by atoms with Gasteiger partial charge in [-0.25, -0.2) is 4.79 Å². The molecule has 2 heterocycles. The number of carbonyl (C=O) groups is 2. The first-order valence-electron chi connectivity index (χ1n) is 12.3. The topological polar surface area (TPSA) is 93.2 Å². The van der Waals surface area contributed by atoms with Gasteiger partial charge in [0, 0.05) is 18.5 Å². The molecule has 35 heavy (non-hydrogen) atoms. The predicted molar refractivity (Wildman–Crippen MR) is 123 cm³/mol. The van der Waals surface area contributed by atoms with Crippen LogP contribution in [0.25, 0.3) is 0 Å². The Hall–Kier alpha value is -3.04. The first-order chi connectivity index (χ1) is 16.7. The number of hydrogen-bond acceptors (Lipinski definition) is 3. The van der Waals surface area contributed by atoms with Crippen LogP contribution in [0.3, 0.4) is 0 Å². The maximum absolute atomic E-state index is 13.7. The predicted octanol–water partition coefficient (Wildman–Crippen LogP) is 4.91. The molecule has 1 atom stereocenters. The fraction of sp³-hybridized carbons (Fsp3) is 0.560. The molecule has 1 aromatic carbocycles. The summed E-state index contributed by atoms with van der Waals surface area (Å²) in [6.07, 6.45) is 3.43. The Bertz CT molecular complexity index is 1100. The molecule has 3 fully saturated rings. The molecule has 3 aliphatic rings. The van der Waals surface area contributed by atoms with Gasteiger partial charge in [0.05, 0.1) is 35.1 Å². The molecule has 1 unspecified atom stereocenters. The summed E-state index contributed by atoms with van der Waals surface area (Å²) in [5.74, 6) is 0.0168. The van der Waals surface area contributed by atoms with Gasteiger partial charge in [-0.1, -0.05) is 18.2 Å². The molecule has 0 spiro atoms. The first-order valence-corrected chi connectivity index (χ1v) is 12.3. The van der Waals surface area contributed by atoms with Crippen LogP contribution in [0.2, 0.25) is 0 Å². The molecule has 2 saturated carbocycles. The van der Waals surface area contributed by atoms with Crippen molar-refractivity contribution in [1.29, 1.82) is 0 Å². The number of urea groups is 1. The number of nitrogens with zero attached hydrogens (tertiary/aromatic N) is 3. The van der Waals surface area contributed by atoms with Gasteiger partial charge in [0.15, 0.2) is 0 Å². The Balaban J connectivity index is 1.40. The van der Waals surface area contributed by atoms with E-state index in [-0.39, 0.29) is 29.5 Å². The number of benzene rings is 1. The maximum atomic E-state index is 13.7. The van der Waals surface area contributed by atoms with Gasteiger partial charge in [-0.3, -0.25) is 9.48 Å². The van der Waals surface area contributed by atoms with E-state index in [9.17, 15) is 22.8 Å². The maximum Gasteiger partial charge on any atom is 0.416 e. The van der Waals surface area contributed by atoms with Gasteiger partial charge >= 0.3 is 12.2 Å². The van der Waals surface area contributed by atoms with Gasteiger partial charge in [-0.05, 0) is 63.0 Å². The lowest BCUT2D eigenvalue weighted by Crippen LogP contribution is -2.41. The molecule has 5 rings (SSSR count). The molecule has 7 nitrogen and oxygen atoms in total. The number of carbonyl (C=O) groups excluding carboxylic acids is 2. The Labute approximate surface area is 201 Å². The van der Waals surface area contributed by atoms with E-state index < -0.39 is 23.8 Å². The number of nitrogens with two attached hydrogens (primary N) is 1. The summed E-state index contributed by atoms with van der Waals surface area (Å²) in [5.41, 5.74) is 6.16. The summed E-state index contributed by atoms with van der Waals surface area (Å²) < 4.78 is 43.0. The highest BCUT2D eigenvalue weighted by Crippen LogP contribution is 2.46. The lowest BCUT2D eigenvalue weighted by Gasteiger charge is -2.30. The Morgan fingerprint density at radius 3 is 2.40 bits per heavy atom. The largest absolute Gasteiger partial charge is 0.416 e. The highest BCUT2D eigenvalue weighted by Gasteiger charge is 2.41. The summed E-state index contributed by atoms with van der Waals surface area (Å²) in [6, 6.07) is 4.61. The minimum absolute atomic E-state index is 0.0452. The van der Waals surface area contributed by atoms with Crippen molar-refractivity contribution in [3.05, 3.63) is 52.8 Å². The molecule has 0 bridgehead atoms. The lowest BCUT2D eigenvalue weighted by atomic mass is 9.91. The van der Waals surface area contributed by atoms with Gasteiger partial charge in [0.25, 0.3) is 5.91 Å². The summed E-state index contributed by atoms with van der Waals surface area (Å²) >= 11 is 0. The quantitative estimate of drug-likeness (QED) is 0.625. The van der Waals surface area contributed by atoms with Gasteiger partial charge in [0.1, 0.15) is 0 Å². The second kappa shape index (κ2) is 9.20. The number of likely N-dealkylation sites (tertiary alicyclic amines) is 1. The van der Waals surface area contributed by atoms with Crippen LogP contribution in [-0.4, -0.2) is 39.2 Å². The van der Waals surface area contributed by atoms with Crippen molar-refractivity contribution in [3.8, 4) is 0 Å². The normalized spacial score (nSPS) is 25.0. The third-order valence-electron chi connectivity index (χ3n) is 7.56. The lowest BCUT2D eigenvalue weighted by molar-refractivity contribution is -0.138. The van der Waals surface area contributed by atoms with E-state index in [0.29, 0.717) is 24.9 Å². The van der Waals surface area contributed by atoms with Crippen LogP contribution < -0.4 is 11.1 Å². The zero-order valence-corrected chi connectivity index (χ0v) is 19.4. The van der Waals surface area contributed by atoms with E-state index in [1.807, 2.05) is 4.68 Å². The monoisotopic (exact) mass is 489 g/mol. The molecular weight excluding hydrogens is 459 g/mol. The average Bonchev–Trinajstić information content (AvgIpc) is 3.37. The van der Waals surface area contributed by atoms with Crippen molar-refractivity contribution in [3.63, 3.8) is 0 Å². The molecule has 10 heteroatoms. The molecule has 3 amide bonds. The number of hydrogen-bond donors (Lipinski definition) is 2. The number of rotatable bonds is 5. The number of amides is 3. The van der Waals surface area contributed by atoms with E-state index in [2.05, 4.69) is 10.4 Å². The highest BCUT2D eigenvalue weighted by atomic mass is 19.4. The summed E-state index contributed by atoms with van der Waals surface area (Å²) in [7, 11) is 0. The van der Waals surface area contributed by atoms with E-state index in [1.165, 1.54) is 12.1 Å². The average molecular weight is 490 g/mol. The molecule has 1 aliphatic heterocycles. The molecule has 3 N–H and O–H groups in total. The second-order valence-electron chi connectivity index (χ2n) is 9.92. The van der Waals surface area contributed by atoms with E-state index in [1.54, 1.807) is 17.2 Å². The van der Waals surface area contributed by atoms with Crippen LogP contribution in [0.1, 0.15) is 96.5 Å². The van der Waals surface area contributed by atoms with Gasteiger partial charge in [-0.15, -0.1) is 0 Å². The summed E-state index contributed by atoms with van der Waals surface area (Å²) in [6.45, 7) is 0.425. The van der Waals surface area contributed by atoms with Crippen LogP contribution in [0.4, 0.5) is 18.0 Å². The third kappa shape index (κ3) is 4.75. The smallest absolute Gasteiger partial charge is 0.352 e. The highest BCUT2D eigenvalue weighted by molar-refractivity contribution is 5.96. The molecule has 188 valence electrons. The zero-order valence-electron chi connectivity index (χ0n) is 19.4. The third-order valence-corrected chi connectivity index (χ3v) is 7.56. The van der Waals surface area contributed by atoms with Crippen LogP contribution >= 0.6 is 0 Å². The second-order valence-corrected chi connectivity index (χ2v) is 9.92.